The second-order valence-electron chi connectivity index (χ2n) is 2.53. The van der Waals surface area contributed by atoms with Gasteiger partial charge in [0.25, 0.3) is 0 Å². The normalized spacial score (nSPS) is 10.1. The Balaban J connectivity index is 3.16. The standard InChI is InChI=1S/C6H6ClN3O4/c1-3-5(10(13)14)6(7)9(8-3)2-4(11)12/h2H2,1H3,(H,11,12). The fraction of sp³-hybridized carbons (Fsp3) is 0.333. The van der Waals surface area contributed by atoms with Crippen molar-refractivity contribution in [2.24, 2.45) is 0 Å². The maximum atomic E-state index is 10.5. The number of rotatable bonds is 3. The highest BCUT2D eigenvalue weighted by Gasteiger charge is 2.24. The summed E-state index contributed by atoms with van der Waals surface area (Å²) >= 11 is 5.56. The number of hydrogen-bond donors (Lipinski definition) is 1. The Labute approximate surface area is 83.0 Å². The van der Waals surface area contributed by atoms with Crippen LogP contribution in [0, 0.1) is 17.0 Å². The molecule has 1 aromatic heterocycles. The topological polar surface area (TPSA) is 98.3 Å². The first kappa shape index (κ1) is 10.5. The van der Waals surface area contributed by atoms with Crippen LogP contribution in [-0.2, 0) is 11.3 Å². The number of carboxylic acids is 1. The Morgan fingerprint density at radius 1 is 1.79 bits per heavy atom. The second-order valence-corrected chi connectivity index (χ2v) is 2.89. The Hall–Kier alpha value is -1.63. The van der Waals surface area contributed by atoms with E-state index in [0.29, 0.717) is 0 Å². The van der Waals surface area contributed by atoms with Gasteiger partial charge in [-0.05, 0) is 6.92 Å². The van der Waals surface area contributed by atoms with E-state index >= 15 is 0 Å². The number of aromatic nitrogens is 2. The predicted octanol–water partition coefficient (Wildman–Crippen LogP) is 0.838. The minimum Gasteiger partial charge on any atom is -0.480 e. The summed E-state index contributed by atoms with van der Waals surface area (Å²) in [5.41, 5.74) is -0.255. The van der Waals surface area contributed by atoms with Gasteiger partial charge < -0.3 is 5.11 Å². The molecule has 0 bridgehead atoms. The first-order valence-corrected chi connectivity index (χ1v) is 3.90. The van der Waals surface area contributed by atoms with Crippen LogP contribution in [0.15, 0.2) is 0 Å². The van der Waals surface area contributed by atoms with E-state index in [1.54, 1.807) is 0 Å². The maximum absolute atomic E-state index is 10.5. The molecule has 0 saturated heterocycles. The zero-order valence-electron chi connectivity index (χ0n) is 7.10. The van der Waals surface area contributed by atoms with Gasteiger partial charge in [-0.1, -0.05) is 11.6 Å². The molecule has 0 aromatic carbocycles. The van der Waals surface area contributed by atoms with Crippen LogP contribution in [0.3, 0.4) is 0 Å². The van der Waals surface area contributed by atoms with Crippen molar-refractivity contribution >= 4 is 23.3 Å². The average Bonchev–Trinajstić information content (AvgIpc) is 2.25. The minimum absolute atomic E-state index is 0.0984. The van der Waals surface area contributed by atoms with E-state index in [1.165, 1.54) is 6.92 Å². The zero-order valence-corrected chi connectivity index (χ0v) is 7.85. The molecule has 8 heteroatoms. The minimum atomic E-state index is -1.16. The van der Waals surface area contributed by atoms with Crippen LogP contribution in [-0.4, -0.2) is 25.8 Å². The molecule has 0 atom stereocenters. The zero-order chi connectivity index (χ0) is 10.9. The van der Waals surface area contributed by atoms with Crippen molar-refractivity contribution in [2.75, 3.05) is 0 Å². The fourth-order valence-corrected chi connectivity index (χ4v) is 1.29. The SMILES string of the molecule is Cc1nn(CC(=O)O)c(Cl)c1[N+](=O)[O-]. The van der Waals surface area contributed by atoms with Gasteiger partial charge in [-0.3, -0.25) is 14.9 Å². The summed E-state index contributed by atoms with van der Waals surface area (Å²) < 4.78 is 0.872. The molecule has 0 spiro atoms. The molecular weight excluding hydrogens is 214 g/mol. The molecule has 14 heavy (non-hydrogen) atoms. The lowest BCUT2D eigenvalue weighted by Crippen LogP contribution is -2.10. The third-order valence-electron chi connectivity index (χ3n) is 1.50. The van der Waals surface area contributed by atoms with E-state index in [4.69, 9.17) is 16.7 Å². The van der Waals surface area contributed by atoms with E-state index < -0.39 is 17.4 Å². The lowest BCUT2D eigenvalue weighted by Gasteiger charge is -1.95. The van der Waals surface area contributed by atoms with Gasteiger partial charge in [-0.2, -0.15) is 5.10 Å². The summed E-state index contributed by atoms with van der Waals surface area (Å²) in [4.78, 5) is 20.1. The van der Waals surface area contributed by atoms with Crippen LogP contribution < -0.4 is 0 Å². The first-order valence-electron chi connectivity index (χ1n) is 3.52. The van der Waals surface area contributed by atoms with Crippen LogP contribution in [0.2, 0.25) is 5.15 Å². The predicted molar refractivity (Wildman–Crippen MR) is 46.3 cm³/mol. The van der Waals surface area contributed by atoms with Crippen molar-refractivity contribution in [3.63, 3.8) is 0 Å². The highest BCUT2D eigenvalue weighted by atomic mass is 35.5. The van der Waals surface area contributed by atoms with Gasteiger partial charge in [0, 0.05) is 0 Å². The van der Waals surface area contributed by atoms with Gasteiger partial charge in [0.2, 0.25) is 5.15 Å². The Bertz CT molecular complexity index is 400. The monoisotopic (exact) mass is 219 g/mol. The van der Waals surface area contributed by atoms with Gasteiger partial charge in [0.05, 0.1) is 4.92 Å². The second kappa shape index (κ2) is 3.62. The molecule has 7 nitrogen and oxygen atoms in total. The van der Waals surface area contributed by atoms with Crippen molar-refractivity contribution in [1.82, 2.24) is 9.78 Å². The average molecular weight is 220 g/mol. The third-order valence-corrected chi connectivity index (χ3v) is 1.88. The molecule has 76 valence electrons. The van der Waals surface area contributed by atoms with E-state index in [9.17, 15) is 14.9 Å². The molecule has 1 rings (SSSR count). The van der Waals surface area contributed by atoms with Crippen molar-refractivity contribution in [2.45, 2.75) is 13.5 Å². The van der Waals surface area contributed by atoms with Crippen molar-refractivity contribution < 1.29 is 14.8 Å². The number of aryl methyl sites for hydroxylation is 1. The summed E-state index contributed by atoms with van der Waals surface area (Å²) in [6.45, 7) is 0.899. The smallest absolute Gasteiger partial charge is 0.328 e. The molecular formula is C6H6ClN3O4. The van der Waals surface area contributed by atoms with Crippen LogP contribution in [0.1, 0.15) is 5.69 Å². The number of carbonyl (C=O) groups is 1. The van der Waals surface area contributed by atoms with Gasteiger partial charge >= 0.3 is 11.7 Å². The van der Waals surface area contributed by atoms with Crippen molar-refractivity contribution in [1.29, 1.82) is 0 Å². The van der Waals surface area contributed by atoms with E-state index in [2.05, 4.69) is 5.10 Å². The number of nitro groups is 1. The molecule has 0 amide bonds. The Morgan fingerprint density at radius 3 is 2.71 bits per heavy atom. The van der Waals surface area contributed by atoms with Gasteiger partial charge in [-0.25, -0.2) is 4.68 Å². The first-order chi connectivity index (χ1) is 6.43. The van der Waals surface area contributed by atoms with E-state index in [-0.39, 0.29) is 16.5 Å². The Kier molecular flexibility index (Phi) is 2.70. The van der Waals surface area contributed by atoms with Crippen LogP contribution >= 0.6 is 11.6 Å². The van der Waals surface area contributed by atoms with Crippen LogP contribution in [0.4, 0.5) is 5.69 Å². The molecule has 0 aliphatic carbocycles. The molecule has 0 fully saturated rings. The maximum Gasteiger partial charge on any atom is 0.328 e. The number of carboxylic acid groups (broad SMARTS) is 1. The van der Waals surface area contributed by atoms with Crippen LogP contribution in [0.25, 0.3) is 0 Å². The molecule has 1 N–H and O–H groups in total. The van der Waals surface area contributed by atoms with Gasteiger partial charge in [0.15, 0.2) is 0 Å². The molecule has 0 aliphatic rings. The highest BCUT2D eigenvalue weighted by Crippen LogP contribution is 2.27. The van der Waals surface area contributed by atoms with Crippen molar-refractivity contribution in [3.05, 3.63) is 21.0 Å². The summed E-state index contributed by atoms with van der Waals surface area (Å²) in [6, 6.07) is 0. The van der Waals surface area contributed by atoms with Crippen LogP contribution in [0.5, 0.6) is 0 Å². The number of nitrogens with zero attached hydrogens (tertiary/aromatic N) is 3. The van der Waals surface area contributed by atoms with Crippen molar-refractivity contribution in [3.8, 4) is 0 Å². The number of hydrogen-bond acceptors (Lipinski definition) is 4. The summed E-state index contributed by atoms with van der Waals surface area (Å²) in [7, 11) is 0. The molecule has 0 aliphatic heterocycles. The number of halogens is 1. The van der Waals surface area contributed by atoms with Gasteiger partial charge in [-0.15, -0.1) is 0 Å². The lowest BCUT2D eigenvalue weighted by molar-refractivity contribution is -0.385. The molecule has 0 radical (unpaired) electrons. The Morgan fingerprint density at radius 2 is 2.36 bits per heavy atom. The molecule has 0 unspecified atom stereocenters. The lowest BCUT2D eigenvalue weighted by atomic mass is 10.4. The largest absolute Gasteiger partial charge is 0.480 e. The molecule has 0 saturated carbocycles. The summed E-state index contributed by atoms with van der Waals surface area (Å²) in [5, 5.41) is 22.3. The summed E-state index contributed by atoms with van der Waals surface area (Å²) in [5.74, 6) is -1.16. The van der Waals surface area contributed by atoms with E-state index in [1.807, 2.05) is 0 Å². The number of aliphatic carboxylic acids is 1. The quantitative estimate of drug-likeness (QED) is 0.600. The summed E-state index contributed by atoms with van der Waals surface area (Å²) in [6.07, 6.45) is 0. The molecule has 1 heterocycles. The molecule has 1 aromatic rings. The van der Waals surface area contributed by atoms with Gasteiger partial charge in [0.1, 0.15) is 12.2 Å². The van der Waals surface area contributed by atoms with E-state index in [0.717, 1.165) is 4.68 Å². The third kappa shape index (κ3) is 1.82. The fourth-order valence-electron chi connectivity index (χ4n) is 0.984. The highest BCUT2D eigenvalue weighted by molar-refractivity contribution is 6.31.